The first kappa shape index (κ1) is 19.9. The Bertz CT molecular complexity index is 219. The van der Waals surface area contributed by atoms with Crippen LogP contribution in [0.15, 0.2) is 0 Å². The number of nitrogens with two attached hydrogens (primary N) is 1. The number of amides is 1. The number of rotatable bonds is 3. The average Bonchev–Trinajstić information content (AvgIpc) is 2.02. The minimum absolute atomic E-state index is 0.167. The second kappa shape index (κ2) is 13.4. The van der Waals surface area contributed by atoms with Gasteiger partial charge in [-0.3, -0.25) is 9.59 Å². The summed E-state index contributed by atoms with van der Waals surface area (Å²) in [5, 5.41) is 2.09. The first-order valence-electron chi connectivity index (χ1n) is 4.55. The van der Waals surface area contributed by atoms with Crippen molar-refractivity contribution in [2.75, 3.05) is 0 Å². The van der Waals surface area contributed by atoms with Crippen LogP contribution in [0.1, 0.15) is 34.6 Å². The quantitative estimate of drug-likeness (QED) is 0.517. The molecule has 0 aliphatic heterocycles. The molecule has 0 fully saturated rings. The Morgan fingerprint density at radius 1 is 1.00 bits per heavy atom. The molecule has 6 heteroatoms. The first-order chi connectivity index (χ1) is 7.14. The Hall–Kier alpha value is -1.56. The zero-order valence-electron chi connectivity index (χ0n) is 10.4. The van der Waals surface area contributed by atoms with Crippen molar-refractivity contribution in [1.82, 2.24) is 5.32 Å². The van der Waals surface area contributed by atoms with Crippen LogP contribution < -0.4 is 11.1 Å². The molecule has 3 N–H and O–H groups in total. The van der Waals surface area contributed by atoms with Crippen molar-refractivity contribution >= 4 is 23.8 Å². The van der Waals surface area contributed by atoms with E-state index in [-0.39, 0.29) is 17.3 Å². The molecule has 6 nitrogen and oxygen atoms in total. The van der Waals surface area contributed by atoms with Gasteiger partial charge in [-0.25, -0.2) is 0 Å². The van der Waals surface area contributed by atoms with Crippen molar-refractivity contribution in [3.05, 3.63) is 0 Å². The topological polar surface area (TPSA) is 106 Å². The van der Waals surface area contributed by atoms with Crippen LogP contribution in [-0.4, -0.2) is 29.9 Å². The van der Waals surface area contributed by atoms with E-state index in [4.69, 9.17) is 5.73 Å². The molecule has 0 heterocycles. The molecule has 0 bridgehead atoms. The largest absolute Gasteiger partial charge is 0.337 e. The third-order valence-electron chi connectivity index (χ3n) is 0.686. The van der Waals surface area contributed by atoms with Crippen molar-refractivity contribution in [2.24, 2.45) is 5.73 Å². The van der Waals surface area contributed by atoms with E-state index in [0.717, 1.165) is 0 Å². The molecule has 0 saturated carbocycles. The lowest BCUT2D eigenvalue weighted by atomic mass is 10.4. The van der Waals surface area contributed by atoms with E-state index >= 15 is 0 Å². The highest BCUT2D eigenvalue weighted by molar-refractivity contribution is 5.82. The fourth-order valence-electron chi connectivity index (χ4n) is 0.191. The summed E-state index contributed by atoms with van der Waals surface area (Å²) in [7, 11) is 0. The van der Waals surface area contributed by atoms with Gasteiger partial charge in [0.2, 0.25) is 6.41 Å². The van der Waals surface area contributed by atoms with Crippen molar-refractivity contribution < 1.29 is 19.2 Å². The van der Waals surface area contributed by atoms with Crippen LogP contribution in [0.5, 0.6) is 0 Å². The maximum Gasteiger partial charge on any atom is 0.208 e. The molecule has 1 unspecified atom stereocenters. The number of carbonyl (C=O) groups is 4. The van der Waals surface area contributed by atoms with Crippen LogP contribution in [0.25, 0.3) is 0 Å². The van der Waals surface area contributed by atoms with E-state index in [1.165, 1.54) is 34.6 Å². The second-order valence-corrected chi connectivity index (χ2v) is 3.19. The van der Waals surface area contributed by atoms with Gasteiger partial charge in [0.1, 0.15) is 17.7 Å². The normalized spacial score (nSPS) is 9.38. The molecular weight excluding hydrogens is 212 g/mol. The van der Waals surface area contributed by atoms with Crippen LogP contribution in [0, 0.1) is 0 Å². The number of nitrogens with one attached hydrogen (secondary N) is 1. The smallest absolute Gasteiger partial charge is 0.208 e. The highest BCUT2D eigenvalue weighted by Gasteiger charge is 2.02. The van der Waals surface area contributed by atoms with Crippen molar-refractivity contribution in [1.29, 1.82) is 0 Å². The maximum atomic E-state index is 10.2. The standard InChI is InChI=1S/C4H8N2O2.2C3H6O/c1-3(8)4(5)6-2-7;2*1-3(2)4/h2,4H,5H2,1H3,(H,6,7);2*1-2H3. The van der Waals surface area contributed by atoms with Gasteiger partial charge >= 0.3 is 0 Å². The third-order valence-corrected chi connectivity index (χ3v) is 0.686. The summed E-state index contributed by atoms with van der Waals surface area (Å²) in [5.74, 6) is 0.0806. The monoisotopic (exact) mass is 232 g/mol. The SMILES string of the molecule is CC(=O)C(N)NC=O.CC(C)=O.CC(C)=O. The molecule has 1 amide bonds. The van der Waals surface area contributed by atoms with Gasteiger partial charge in [0.05, 0.1) is 0 Å². The van der Waals surface area contributed by atoms with Gasteiger partial charge in [-0.15, -0.1) is 0 Å². The highest BCUT2D eigenvalue weighted by Crippen LogP contribution is 1.69. The molecule has 0 aromatic rings. The molecule has 94 valence electrons. The van der Waals surface area contributed by atoms with E-state index in [1.807, 2.05) is 0 Å². The zero-order chi connectivity index (χ0) is 13.7. The van der Waals surface area contributed by atoms with Gasteiger partial charge in [0, 0.05) is 0 Å². The Labute approximate surface area is 95.6 Å². The summed E-state index contributed by atoms with van der Waals surface area (Å²) in [6.45, 7) is 7.42. The van der Waals surface area contributed by atoms with Crippen LogP contribution in [0.2, 0.25) is 0 Å². The zero-order valence-corrected chi connectivity index (χ0v) is 10.4. The van der Waals surface area contributed by atoms with Crippen LogP contribution >= 0.6 is 0 Å². The predicted molar refractivity (Wildman–Crippen MR) is 60.6 cm³/mol. The number of hydrogen-bond donors (Lipinski definition) is 2. The summed E-state index contributed by atoms with van der Waals surface area (Å²) >= 11 is 0. The minimum atomic E-state index is -0.840. The average molecular weight is 232 g/mol. The van der Waals surface area contributed by atoms with E-state index in [9.17, 15) is 19.2 Å². The van der Waals surface area contributed by atoms with Crippen molar-refractivity contribution in [3.63, 3.8) is 0 Å². The molecule has 0 aliphatic carbocycles. The fraction of sp³-hybridized carbons (Fsp3) is 0.600. The van der Waals surface area contributed by atoms with Crippen LogP contribution in [-0.2, 0) is 19.2 Å². The summed E-state index contributed by atoms with van der Waals surface area (Å²) in [5.41, 5.74) is 5.04. The maximum absolute atomic E-state index is 10.2. The lowest BCUT2D eigenvalue weighted by Crippen LogP contribution is -2.42. The Kier molecular flexibility index (Phi) is 16.7. The molecule has 0 saturated heterocycles. The fourth-order valence-corrected chi connectivity index (χ4v) is 0.191. The first-order valence-corrected chi connectivity index (χ1v) is 4.55. The van der Waals surface area contributed by atoms with Gasteiger partial charge < -0.3 is 20.6 Å². The summed E-state index contributed by atoms with van der Waals surface area (Å²) < 4.78 is 0. The van der Waals surface area contributed by atoms with Crippen molar-refractivity contribution in [2.45, 2.75) is 40.8 Å². The summed E-state index contributed by atoms with van der Waals surface area (Å²) in [6, 6.07) is 0. The summed E-state index contributed by atoms with van der Waals surface area (Å²) in [4.78, 5) is 38.7. The second-order valence-electron chi connectivity index (χ2n) is 3.19. The van der Waals surface area contributed by atoms with Gasteiger partial charge in [0.15, 0.2) is 5.78 Å². The molecule has 1 atom stereocenters. The van der Waals surface area contributed by atoms with E-state index in [2.05, 4.69) is 5.32 Å². The Balaban J connectivity index is -0.000000179. The van der Waals surface area contributed by atoms with E-state index < -0.39 is 6.17 Å². The molecule has 0 aromatic heterocycles. The molecule has 0 radical (unpaired) electrons. The molecule has 0 spiro atoms. The number of hydrogen-bond acceptors (Lipinski definition) is 5. The summed E-state index contributed by atoms with van der Waals surface area (Å²) in [6.07, 6.45) is -0.445. The van der Waals surface area contributed by atoms with E-state index in [1.54, 1.807) is 0 Å². The van der Waals surface area contributed by atoms with Crippen molar-refractivity contribution in [3.8, 4) is 0 Å². The van der Waals surface area contributed by atoms with Gasteiger partial charge in [-0.2, -0.15) is 0 Å². The number of ketones is 3. The van der Waals surface area contributed by atoms with Gasteiger partial charge in [-0.05, 0) is 34.6 Å². The third kappa shape index (κ3) is 55.0. The van der Waals surface area contributed by atoms with Crippen LogP contribution in [0.3, 0.4) is 0 Å². The molecule has 0 rings (SSSR count). The van der Waals surface area contributed by atoms with Gasteiger partial charge in [-0.1, -0.05) is 0 Å². The Morgan fingerprint density at radius 3 is 1.31 bits per heavy atom. The number of carbonyl (C=O) groups excluding carboxylic acids is 4. The minimum Gasteiger partial charge on any atom is -0.337 e. The lowest BCUT2D eigenvalue weighted by Gasteiger charge is -2.02. The molecule has 0 aromatic carbocycles. The highest BCUT2D eigenvalue weighted by atomic mass is 16.1. The Morgan fingerprint density at radius 2 is 1.25 bits per heavy atom. The predicted octanol–water partition coefficient (Wildman–Crippen LogP) is -0.203. The van der Waals surface area contributed by atoms with Crippen LogP contribution in [0.4, 0.5) is 0 Å². The van der Waals surface area contributed by atoms with E-state index in [0.29, 0.717) is 6.41 Å². The molecule has 0 aliphatic rings. The lowest BCUT2D eigenvalue weighted by molar-refractivity contribution is -0.121. The molecule has 16 heavy (non-hydrogen) atoms. The number of Topliss-reactive ketones (excluding diaryl/α,β-unsaturated/α-hetero) is 3. The van der Waals surface area contributed by atoms with Gasteiger partial charge in [0.25, 0.3) is 0 Å². The molecular formula is C10H20N2O4.